The maximum absolute atomic E-state index is 11.7. The van der Waals surface area contributed by atoms with E-state index in [0.717, 1.165) is 24.7 Å². The van der Waals surface area contributed by atoms with Crippen molar-refractivity contribution in [3.05, 3.63) is 35.9 Å². The second-order valence-electron chi connectivity index (χ2n) is 4.78. The molecule has 2 atom stereocenters. The fraction of sp³-hybridized carbons (Fsp3) is 0.500. The van der Waals surface area contributed by atoms with Gasteiger partial charge in [0.2, 0.25) is 0 Å². The number of rotatable bonds is 9. The lowest BCUT2D eigenvalue weighted by Crippen LogP contribution is -2.16. The van der Waals surface area contributed by atoms with Gasteiger partial charge in [-0.3, -0.25) is 4.79 Å². The van der Waals surface area contributed by atoms with Crippen molar-refractivity contribution in [2.75, 3.05) is 7.11 Å². The molecule has 0 aromatic heterocycles. The van der Waals surface area contributed by atoms with E-state index in [4.69, 9.17) is 4.74 Å². The van der Waals surface area contributed by atoms with Gasteiger partial charge in [-0.05, 0) is 31.7 Å². The van der Waals surface area contributed by atoms with E-state index in [0.29, 0.717) is 12.8 Å². The topological polar surface area (TPSA) is 43.4 Å². The summed E-state index contributed by atoms with van der Waals surface area (Å²) in [6.45, 7) is 1.61. The van der Waals surface area contributed by atoms with Crippen molar-refractivity contribution < 1.29 is 14.3 Å². The van der Waals surface area contributed by atoms with Crippen molar-refractivity contribution in [2.24, 2.45) is 5.92 Å². The molecule has 0 saturated heterocycles. The predicted molar refractivity (Wildman–Crippen MR) is 74.9 cm³/mol. The molecule has 1 rings (SSSR count). The van der Waals surface area contributed by atoms with Crippen molar-refractivity contribution in [1.82, 2.24) is 0 Å². The van der Waals surface area contributed by atoms with Gasteiger partial charge in [-0.25, -0.2) is 0 Å². The van der Waals surface area contributed by atoms with Crippen LogP contribution < -0.4 is 0 Å². The molecule has 0 fully saturated rings. The van der Waals surface area contributed by atoms with Gasteiger partial charge >= 0.3 is 0 Å². The number of methoxy groups -OCH3 is 1. The highest BCUT2D eigenvalue weighted by Crippen LogP contribution is 2.27. The van der Waals surface area contributed by atoms with E-state index < -0.39 is 0 Å². The molecule has 19 heavy (non-hydrogen) atoms. The van der Waals surface area contributed by atoms with Crippen molar-refractivity contribution in [2.45, 2.75) is 38.7 Å². The Morgan fingerprint density at radius 1 is 1.32 bits per heavy atom. The largest absolute Gasteiger partial charge is 0.377 e. The summed E-state index contributed by atoms with van der Waals surface area (Å²) in [5.41, 5.74) is 1.09. The number of hydrogen-bond donors (Lipinski definition) is 0. The number of carbonyl (C=O) groups is 2. The van der Waals surface area contributed by atoms with Crippen LogP contribution in [-0.2, 0) is 14.3 Å². The Hall–Kier alpha value is -1.48. The minimum atomic E-state index is -0.0636. The zero-order valence-electron chi connectivity index (χ0n) is 11.7. The highest BCUT2D eigenvalue weighted by Gasteiger charge is 2.20. The van der Waals surface area contributed by atoms with Crippen molar-refractivity contribution in [3.63, 3.8) is 0 Å². The van der Waals surface area contributed by atoms with E-state index in [1.54, 1.807) is 14.0 Å². The van der Waals surface area contributed by atoms with Crippen LogP contribution >= 0.6 is 0 Å². The summed E-state index contributed by atoms with van der Waals surface area (Å²) in [4.78, 5) is 22.0. The third-order valence-electron chi connectivity index (χ3n) is 3.40. The molecule has 0 bridgehead atoms. The first kappa shape index (κ1) is 15.6. The van der Waals surface area contributed by atoms with Gasteiger partial charge in [-0.2, -0.15) is 0 Å². The quantitative estimate of drug-likeness (QED) is 0.506. The second kappa shape index (κ2) is 8.59. The number of ether oxygens (including phenoxy) is 1. The molecule has 0 radical (unpaired) electrons. The van der Waals surface area contributed by atoms with Gasteiger partial charge in [0.15, 0.2) is 0 Å². The van der Waals surface area contributed by atoms with Crippen molar-refractivity contribution in [1.29, 1.82) is 0 Å². The number of carbonyl (C=O) groups excluding carboxylic acids is 2. The summed E-state index contributed by atoms with van der Waals surface area (Å²) in [5.74, 6) is 0.133. The molecule has 0 aliphatic carbocycles. The predicted octanol–water partition coefficient (Wildman–Crippen LogP) is 3.34. The standard InChI is InChI=1S/C16H22O3/c1-13(18)15(10-6-7-11-17)12-16(19-2)14-8-4-3-5-9-14/h3-5,8-9,11,15-16H,6-7,10,12H2,1-2H3/t15-,16+/m0/s1. The normalized spacial score (nSPS) is 13.8. The molecule has 0 aliphatic rings. The van der Waals surface area contributed by atoms with Gasteiger partial charge in [-0.1, -0.05) is 30.3 Å². The molecular formula is C16H22O3. The third-order valence-corrected chi connectivity index (χ3v) is 3.40. The molecule has 1 aromatic rings. The number of unbranched alkanes of at least 4 members (excludes halogenated alkanes) is 1. The van der Waals surface area contributed by atoms with E-state index in [9.17, 15) is 9.59 Å². The van der Waals surface area contributed by atoms with Crippen LogP contribution in [0.2, 0.25) is 0 Å². The fourth-order valence-corrected chi connectivity index (χ4v) is 2.23. The van der Waals surface area contributed by atoms with Crippen LogP contribution in [0.4, 0.5) is 0 Å². The SMILES string of the molecule is CO[C@H](C[C@H](CCCC=O)C(C)=O)c1ccccc1. The van der Waals surface area contributed by atoms with Gasteiger partial charge < -0.3 is 9.53 Å². The first-order valence-corrected chi connectivity index (χ1v) is 6.70. The van der Waals surface area contributed by atoms with E-state index in [1.807, 2.05) is 30.3 Å². The molecule has 0 unspecified atom stereocenters. The van der Waals surface area contributed by atoms with Crippen LogP contribution in [0.3, 0.4) is 0 Å². The lowest BCUT2D eigenvalue weighted by Gasteiger charge is -2.21. The minimum absolute atomic E-state index is 0.0369. The molecular weight excluding hydrogens is 240 g/mol. The summed E-state index contributed by atoms with van der Waals surface area (Å²) in [7, 11) is 1.67. The highest BCUT2D eigenvalue weighted by atomic mass is 16.5. The first-order valence-electron chi connectivity index (χ1n) is 6.70. The van der Waals surface area contributed by atoms with Gasteiger partial charge in [0.1, 0.15) is 12.1 Å². The summed E-state index contributed by atoms with van der Waals surface area (Å²) in [5, 5.41) is 0. The van der Waals surface area contributed by atoms with Crippen LogP contribution in [-0.4, -0.2) is 19.2 Å². The summed E-state index contributed by atoms with van der Waals surface area (Å²) in [6, 6.07) is 9.92. The van der Waals surface area contributed by atoms with Gasteiger partial charge in [0, 0.05) is 19.4 Å². The molecule has 3 heteroatoms. The summed E-state index contributed by atoms with van der Waals surface area (Å²) < 4.78 is 5.50. The summed E-state index contributed by atoms with van der Waals surface area (Å²) in [6.07, 6.45) is 3.55. The number of Topliss-reactive ketones (excluding diaryl/α,β-unsaturated/α-hetero) is 1. The molecule has 0 amide bonds. The first-order chi connectivity index (χ1) is 9.19. The number of hydrogen-bond acceptors (Lipinski definition) is 3. The van der Waals surface area contributed by atoms with Gasteiger partial charge in [-0.15, -0.1) is 0 Å². The monoisotopic (exact) mass is 262 g/mol. The average Bonchev–Trinajstić information content (AvgIpc) is 2.43. The van der Waals surface area contributed by atoms with E-state index in [-0.39, 0.29) is 17.8 Å². The number of aldehydes is 1. The van der Waals surface area contributed by atoms with E-state index in [1.165, 1.54) is 0 Å². The third kappa shape index (κ3) is 5.35. The molecule has 0 N–H and O–H groups in total. The van der Waals surface area contributed by atoms with E-state index >= 15 is 0 Å². The van der Waals surface area contributed by atoms with E-state index in [2.05, 4.69) is 0 Å². The fourth-order valence-electron chi connectivity index (χ4n) is 2.23. The Balaban J connectivity index is 2.65. The zero-order chi connectivity index (χ0) is 14.1. The van der Waals surface area contributed by atoms with Crippen LogP contribution in [0.5, 0.6) is 0 Å². The highest BCUT2D eigenvalue weighted by molar-refractivity contribution is 5.78. The Morgan fingerprint density at radius 2 is 2.00 bits per heavy atom. The maximum Gasteiger partial charge on any atom is 0.133 e. The molecule has 0 aliphatic heterocycles. The second-order valence-corrected chi connectivity index (χ2v) is 4.78. The Bertz CT molecular complexity index is 386. The molecule has 0 saturated carbocycles. The molecule has 1 aromatic carbocycles. The molecule has 104 valence electrons. The number of ketones is 1. The number of benzene rings is 1. The molecule has 3 nitrogen and oxygen atoms in total. The van der Waals surface area contributed by atoms with Gasteiger partial charge in [0.05, 0.1) is 6.10 Å². The average molecular weight is 262 g/mol. The Kier molecular flexibility index (Phi) is 7.04. The van der Waals surface area contributed by atoms with Crippen molar-refractivity contribution >= 4 is 12.1 Å². The van der Waals surface area contributed by atoms with Gasteiger partial charge in [0.25, 0.3) is 0 Å². The van der Waals surface area contributed by atoms with Crippen molar-refractivity contribution in [3.8, 4) is 0 Å². The maximum atomic E-state index is 11.7. The molecule has 0 spiro atoms. The lowest BCUT2D eigenvalue weighted by molar-refractivity contribution is -0.122. The smallest absolute Gasteiger partial charge is 0.133 e. The van der Waals surface area contributed by atoms with Crippen LogP contribution in [0.15, 0.2) is 30.3 Å². The van der Waals surface area contributed by atoms with Crippen LogP contribution in [0, 0.1) is 5.92 Å². The minimum Gasteiger partial charge on any atom is -0.377 e. The van der Waals surface area contributed by atoms with Crippen LogP contribution in [0.25, 0.3) is 0 Å². The Morgan fingerprint density at radius 3 is 2.53 bits per heavy atom. The summed E-state index contributed by atoms with van der Waals surface area (Å²) >= 11 is 0. The molecule has 0 heterocycles. The lowest BCUT2D eigenvalue weighted by atomic mass is 9.90. The Labute approximate surface area is 115 Å². The van der Waals surface area contributed by atoms with Crippen LogP contribution in [0.1, 0.15) is 44.3 Å². The zero-order valence-corrected chi connectivity index (χ0v) is 11.7.